The minimum absolute atomic E-state index is 0.362. The van der Waals surface area contributed by atoms with Gasteiger partial charge >= 0.3 is 12.0 Å². The van der Waals surface area contributed by atoms with Crippen molar-refractivity contribution in [2.75, 3.05) is 18.6 Å². The molecule has 0 unspecified atom stereocenters. The molecule has 0 radical (unpaired) electrons. The molecule has 19 heavy (non-hydrogen) atoms. The van der Waals surface area contributed by atoms with Gasteiger partial charge in [0.05, 0.1) is 0 Å². The van der Waals surface area contributed by atoms with E-state index in [1.165, 1.54) is 19.3 Å². The van der Waals surface area contributed by atoms with Crippen molar-refractivity contribution in [3.05, 3.63) is 0 Å². The molecule has 0 bridgehead atoms. The van der Waals surface area contributed by atoms with Crippen molar-refractivity contribution in [1.82, 2.24) is 10.6 Å². The lowest BCUT2D eigenvalue weighted by atomic mass is 9.89. The van der Waals surface area contributed by atoms with Crippen molar-refractivity contribution in [2.45, 2.75) is 44.6 Å². The Bertz CT molecular complexity index is 294. The number of carbonyl (C=O) groups is 2. The lowest BCUT2D eigenvalue weighted by molar-refractivity contribution is -0.139. The van der Waals surface area contributed by atoms with Crippen LogP contribution in [0.2, 0.25) is 0 Å². The summed E-state index contributed by atoms with van der Waals surface area (Å²) in [5.74, 6) is 0.302. The van der Waals surface area contributed by atoms with Crippen LogP contribution in [0.25, 0.3) is 0 Å². The quantitative estimate of drug-likeness (QED) is 0.670. The summed E-state index contributed by atoms with van der Waals surface area (Å²) >= 11 is 1.58. The van der Waals surface area contributed by atoms with E-state index in [1.807, 2.05) is 6.26 Å². The van der Waals surface area contributed by atoms with Crippen molar-refractivity contribution in [3.8, 4) is 0 Å². The number of hydrogen-bond donors (Lipinski definition) is 3. The van der Waals surface area contributed by atoms with Crippen molar-refractivity contribution in [1.29, 1.82) is 0 Å². The molecule has 2 amide bonds. The Hall–Kier alpha value is -0.910. The van der Waals surface area contributed by atoms with Gasteiger partial charge in [0.15, 0.2) is 0 Å². The van der Waals surface area contributed by atoms with Crippen molar-refractivity contribution in [3.63, 3.8) is 0 Å². The molecular formula is C13H24N2O3S. The van der Waals surface area contributed by atoms with Gasteiger partial charge in [-0.2, -0.15) is 11.8 Å². The number of nitrogens with one attached hydrogen (secondary N) is 2. The number of aliphatic carboxylic acids is 1. The number of hydrogen-bond acceptors (Lipinski definition) is 3. The fourth-order valence-corrected chi connectivity index (χ4v) is 2.80. The van der Waals surface area contributed by atoms with Gasteiger partial charge in [0.2, 0.25) is 0 Å². The first-order valence-corrected chi connectivity index (χ1v) is 8.29. The third-order valence-corrected chi connectivity index (χ3v) is 4.13. The second-order valence-electron chi connectivity index (χ2n) is 5.03. The van der Waals surface area contributed by atoms with E-state index < -0.39 is 12.0 Å². The third kappa shape index (κ3) is 6.71. The lowest BCUT2D eigenvalue weighted by Gasteiger charge is -2.22. The smallest absolute Gasteiger partial charge is 0.326 e. The number of urea groups is 1. The van der Waals surface area contributed by atoms with Crippen LogP contribution in [-0.2, 0) is 4.79 Å². The average Bonchev–Trinajstić information content (AvgIpc) is 2.42. The van der Waals surface area contributed by atoms with Gasteiger partial charge in [-0.1, -0.05) is 19.3 Å². The Balaban J connectivity index is 2.25. The summed E-state index contributed by atoms with van der Waals surface area (Å²) in [6.45, 7) is 0.653. The Kier molecular flexibility index (Phi) is 7.70. The van der Waals surface area contributed by atoms with E-state index in [2.05, 4.69) is 10.6 Å². The molecule has 5 nitrogen and oxygen atoms in total. The summed E-state index contributed by atoms with van der Waals surface area (Å²) in [5, 5.41) is 14.3. The van der Waals surface area contributed by atoms with E-state index in [0.717, 1.165) is 18.6 Å². The van der Waals surface area contributed by atoms with Crippen LogP contribution in [0, 0.1) is 5.92 Å². The molecule has 1 aliphatic carbocycles. The first-order valence-electron chi connectivity index (χ1n) is 6.89. The van der Waals surface area contributed by atoms with E-state index in [-0.39, 0.29) is 6.03 Å². The van der Waals surface area contributed by atoms with Crippen LogP contribution >= 0.6 is 11.8 Å². The Morgan fingerprint density at radius 1 is 1.32 bits per heavy atom. The Labute approximate surface area is 118 Å². The van der Waals surface area contributed by atoms with Gasteiger partial charge in [0.1, 0.15) is 6.04 Å². The molecule has 0 aliphatic heterocycles. The molecule has 0 spiro atoms. The first-order chi connectivity index (χ1) is 9.13. The molecule has 0 aromatic rings. The van der Waals surface area contributed by atoms with Crippen LogP contribution in [0.1, 0.15) is 38.5 Å². The molecule has 0 aromatic heterocycles. The predicted octanol–water partition coefficient (Wildman–Crippen LogP) is 2.07. The van der Waals surface area contributed by atoms with Crippen LogP contribution in [0.15, 0.2) is 0 Å². The van der Waals surface area contributed by atoms with Crippen molar-refractivity contribution in [2.24, 2.45) is 5.92 Å². The fourth-order valence-electron chi connectivity index (χ4n) is 2.33. The number of carboxylic acid groups (broad SMARTS) is 1. The third-order valence-electron chi connectivity index (χ3n) is 3.49. The monoisotopic (exact) mass is 288 g/mol. The zero-order chi connectivity index (χ0) is 14.1. The highest BCUT2D eigenvalue weighted by molar-refractivity contribution is 7.98. The molecule has 0 saturated heterocycles. The minimum Gasteiger partial charge on any atom is -0.480 e. The maximum atomic E-state index is 11.7. The maximum Gasteiger partial charge on any atom is 0.326 e. The molecule has 1 atom stereocenters. The van der Waals surface area contributed by atoms with E-state index in [0.29, 0.717) is 18.9 Å². The van der Waals surface area contributed by atoms with E-state index in [9.17, 15) is 9.59 Å². The highest BCUT2D eigenvalue weighted by Crippen LogP contribution is 2.22. The van der Waals surface area contributed by atoms with Crippen LogP contribution < -0.4 is 10.6 Å². The largest absolute Gasteiger partial charge is 0.480 e. The molecule has 1 saturated carbocycles. The predicted molar refractivity (Wildman–Crippen MR) is 77.5 cm³/mol. The molecule has 6 heteroatoms. The Morgan fingerprint density at radius 3 is 2.58 bits per heavy atom. The summed E-state index contributed by atoms with van der Waals surface area (Å²) < 4.78 is 0. The summed E-state index contributed by atoms with van der Waals surface area (Å²) in [7, 11) is 0. The lowest BCUT2D eigenvalue weighted by Crippen LogP contribution is -2.47. The van der Waals surface area contributed by atoms with Crippen molar-refractivity contribution < 1.29 is 14.7 Å². The SMILES string of the molecule is CSCC[C@H](NC(=O)NCC1CCCCC1)C(=O)O. The minimum atomic E-state index is -0.970. The second kappa shape index (κ2) is 9.07. The number of rotatable bonds is 7. The standard InChI is InChI=1S/C13H24N2O3S/c1-19-8-7-11(12(16)17)15-13(18)14-9-10-5-3-2-4-6-10/h10-11H,2-9H2,1H3,(H,16,17)(H2,14,15,18)/t11-/m0/s1. The van der Waals surface area contributed by atoms with Gasteiger partial charge in [-0.3, -0.25) is 0 Å². The molecule has 0 aromatic carbocycles. The van der Waals surface area contributed by atoms with Gasteiger partial charge in [-0.05, 0) is 37.2 Å². The van der Waals surface area contributed by atoms with Gasteiger partial charge < -0.3 is 15.7 Å². The topological polar surface area (TPSA) is 78.4 Å². The molecular weight excluding hydrogens is 264 g/mol. The van der Waals surface area contributed by atoms with Crippen LogP contribution in [0.3, 0.4) is 0 Å². The highest BCUT2D eigenvalue weighted by Gasteiger charge is 2.20. The molecule has 1 fully saturated rings. The Morgan fingerprint density at radius 2 is 2.00 bits per heavy atom. The second-order valence-corrected chi connectivity index (χ2v) is 6.02. The van der Waals surface area contributed by atoms with Gasteiger partial charge in [-0.15, -0.1) is 0 Å². The summed E-state index contributed by atoms with van der Waals surface area (Å²) in [6.07, 6.45) is 8.46. The molecule has 110 valence electrons. The fraction of sp³-hybridized carbons (Fsp3) is 0.846. The van der Waals surface area contributed by atoms with Gasteiger partial charge in [0.25, 0.3) is 0 Å². The maximum absolute atomic E-state index is 11.7. The average molecular weight is 288 g/mol. The summed E-state index contributed by atoms with van der Waals surface area (Å²) in [6, 6.07) is -1.15. The molecule has 0 heterocycles. The number of thioether (sulfide) groups is 1. The van der Waals surface area contributed by atoms with Gasteiger partial charge in [0, 0.05) is 6.54 Å². The zero-order valence-corrected chi connectivity index (χ0v) is 12.3. The van der Waals surface area contributed by atoms with Crippen LogP contribution in [0.5, 0.6) is 0 Å². The van der Waals surface area contributed by atoms with Crippen molar-refractivity contribution >= 4 is 23.8 Å². The molecule has 3 N–H and O–H groups in total. The number of carboxylic acids is 1. The molecule has 1 aliphatic rings. The number of carbonyl (C=O) groups excluding carboxylic acids is 1. The van der Waals surface area contributed by atoms with Crippen LogP contribution in [-0.4, -0.2) is 41.7 Å². The highest BCUT2D eigenvalue weighted by atomic mass is 32.2. The van der Waals surface area contributed by atoms with Crippen LogP contribution in [0.4, 0.5) is 4.79 Å². The summed E-state index contributed by atoms with van der Waals surface area (Å²) in [4.78, 5) is 22.7. The number of amides is 2. The zero-order valence-electron chi connectivity index (χ0n) is 11.5. The molecule has 1 rings (SSSR count). The van der Waals surface area contributed by atoms with E-state index in [4.69, 9.17) is 5.11 Å². The van der Waals surface area contributed by atoms with E-state index in [1.54, 1.807) is 11.8 Å². The van der Waals surface area contributed by atoms with Gasteiger partial charge in [-0.25, -0.2) is 9.59 Å². The normalized spacial score (nSPS) is 17.7. The van der Waals surface area contributed by atoms with E-state index >= 15 is 0 Å². The summed E-state index contributed by atoms with van der Waals surface area (Å²) in [5.41, 5.74) is 0. The first kappa shape index (κ1) is 16.1.